The Balaban J connectivity index is 1.72. The summed E-state index contributed by atoms with van der Waals surface area (Å²) in [5.74, 6) is -0.230. The molecule has 0 amide bonds. The van der Waals surface area contributed by atoms with Gasteiger partial charge in [0.25, 0.3) is 5.69 Å². The highest BCUT2D eigenvalue weighted by Crippen LogP contribution is 2.40. The highest BCUT2D eigenvalue weighted by atomic mass is 32.2. The van der Waals surface area contributed by atoms with Crippen molar-refractivity contribution in [2.24, 2.45) is 0 Å². The molecule has 0 radical (unpaired) electrons. The largest absolute Gasteiger partial charge is 0.531 e. The summed E-state index contributed by atoms with van der Waals surface area (Å²) >= 11 is 0. The topological polar surface area (TPSA) is 107 Å². The third-order valence-electron chi connectivity index (χ3n) is 6.78. The first-order chi connectivity index (χ1) is 18.4. The Bertz CT molecular complexity index is 1510. The Morgan fingerprint density at radius 1 is 0.846 bits per heavy atom. The van der Waals surface area contributed by atoms with Gasteiger partial charge in [0.2, 0.25) is 0 Å². The zero-order chi connectivity index (χ0) is 28.3. The van der Waals surface area contributed by atoms with E-state index < -0.39 is 23.1 Å². The number of non-ortho nitro benzene ring substituents is 1. The Labute approximate surface area is 229 Å². The number of rotatable bonds is 9. The number of aromatic hydroxyl groups is 1. The minimum absolute atomic E-state index is 0.0372. The van der Waals surface area contributed by atoms with Crippen LogP contribution in [-0.4, -0.2) is 32.5 Å². The molecule has 0 unspecified atom stereocenters. The number of phenolic OH excluding ortho intramolecular Hbond substituents is 1. The van der Waals surface area contributed by atoms with Crippen LogP contribution in [0.15, 0.2) is 108 Å². The summed E-state index contributed by atoms with van der Waals surface area (Å²) in [6.07, 6.45) is 0.187. The molecule has 39 heavy (non-hydrogen) atoms. The van der Waals surface area contributed by atoms with Gasteiger partial charge >= 0.3 is 8.32 Å². The van der Waals surface area contributed by atoms with Crippen LogP contribution in [0.2, 0.25) is 5.04 Å². The number of hydrogen-bond donors (Lipinski definition) is 1. The highest BCUT2D eigenvalue weighted by Gasteiger charge is 2.52. The molecule has 4 aromatic carbocycles. The maximum atomic E-state index is 13.3. The van der Waals surface area contributed by atoms with E-state index in [4.69, 9.17) is 4.43 Å². The number of sulfone groups is 1. The fraction of sp³-hybridized carbons (Fsp3) is 0.200. The molecule has 0 saturated heterocycles. The Hall–Kier alpha value is -3.95. The van der Waals surface area contributed by atoms with Crippen molar-refractivity contribution in [2.75, 3.05) is 5.75 Å². The average Bonchev–Trinajstić information content (AvgIpc) is 2.92. The molecule has 1 N–H and O–H groups in total. The van der Waals surface area contributed by atoms with Crippen molar-refractivity contribution >= 4 is 34.2 Å². The minimum atomic E-state index is -3.75. The van der Waals surface area contributed by atoms with Crippen molar-refractivity contribution in [3.05, 3.63) is 119 Å². The van der Waals surface area contributed by atoms with E-state index in [1.807, 2.05) is 60.7 Å². The molecule has 0 fully saturated rings. The Morgan fingerprint density at radius 2 is 1.38 bits per heavy atom. The van der Waals surface area contributed by atoms with Crippen molar-refractivity contribution in [3.63, 3.8) is 0 Å². The van der Waals surface area contributed by atoms with Crippen LogP contribution in [0, 0.1) is 10.1 Å². The Kier molecular flexibility index (Phi) is 7.94. The lowest BCUT2D eigenvalue weighted by Crippen LogP contribution is -2.68. The fourth-order valence-electron chi connectivity index (χ4n) is 4.74. The smallest absolute Gasteiger partial charge is 0.320 e. The number of nitro benzene ring substituents is 1. The van der Waals surface area contributed by atoms with Gasteiger partial charge in [-0.25, -0.2) is 8.42 Å². The molecular formula is C30H31NO6SSi. The number of phenols is 1. The first kappa shape index (κ1) is 28.1. The van der Waals surface area contributed by atoms with Crippen LogP contribution in [0.1, 0.15) is 26.3 Å². The standard InChI is InChI=1S/C30H31NO6SSi/c1-30(2,3)39(26-10-6-4-7-11-26,27-12-8-5-9-13-27)37-29-22-25(18-19-28(29)32)38(35,36)21-20-23-14-16-24(17-15-23)31(33)34/h4-19,22,32H,20-21H2,1-3H3. The van der Waals surface area contributed by atoms with Crippen molar-refractivity contribution < 1.29 is 22.9 Å². The minimum Gasteiger partial charge on any atom is -0.531 e. The molecule has 4 aromatic rings. The normalized spacial score (nSPS) is 12.2. The number of benzene rings is 4. The van der Waals surface area contributed by atoms with Crippen molar-refractivity contribution in [1.29, 1.82) is 0 Å². The molecule has 0 aromatic heterocycles. The molecule has 0 aliphatic heterocycles. The SMILES string of the molecule is CC(C)(C)[Si](Oc1cc(S(=O)(=O)CCc2ccc([N+](=O)[O-])cc2)ccc1O)(c1ccccc1)c1ccccc1. The van der Waals surface area contributed by atoms with E-state index in [9.17, 15) is 23.6 Å². The van der Waals surface area contributed by atoms with E-state index in [0.29, 0.717) is 5.56 Å². The molecule has 0 aliphatic carbocycles. The molecule has 0 spiro atoms. The van der Waals surface area contributed by atoms with Gasteiger partial charge in [0.05, 0.1) is 15.6 Å². The summed E-state index contributed by atoms with van der Waals surface area (Å²) in [7, 11) is -6.85. The van der Waals surface area contributed by atoms with Gasteiger partial charge in [0.15, 0.2) is 15.6 Å². The molecule has 0 heterocycles. The van der Waals surface area contributed by atoms with Gasteiger partial charge in [-0.3, -0.25) is 10.1 Å². The van der Waals surface area contributed by atoms with Crippen LogP contribution in [-0.2, 0) is 16.3 Å². The van der Waals surface area contributed by atoms with Crippen LogP contribution in [0.25, 0.3) is 0 Å². The van der Waals surface area contributed by atoms with Gasteiger partial charge in [-0.2, -0.15) is 0 Å². The highest BCUT2D eigenvalue weighted by molar-refractivity contribution is 7.91. The van der Waals surface area contributed by atoms with E-state index in [1.54, 1.807) is 12.1 Å². The van der Waals surface area contributed by atoms with Crippen LogP contribution in [0.5, 0.6) is 11.5 Å². The molecular weight excluding hydrogens is 530 g/mol. The summed E-state index contributed by atoms with van der Waals surface area (Å²) in [5, 5.41) is 23.4. The second kappa shape index (κ2) is 11.0. The second-order valence-electron chi connectivity index (χ2n) is 10.4. The molecule has 4 rings (SSSR count). The van der Waals surface area contributed by atoms with Crippen molar-refractivity contribution in [3.8, 4) is 11.5 Å². The number of nitro groups is 1. The predicted octanol–water partition coefficient (Wildman–Crippen LogP) is 5.26. The maximum absolute atomic E-state index is 13.3. The molecule has 0 aliphatic rings. The van der Waals surface area contributed by atoms with E-state index in [0.717, 1.165) is 10.4 Å². The third-order valence-corrected chi connectivity index (χ3v) is 13.4. The second-order valence-corrected chi connectivity index (χ2v) is 16.7. The van der Waals surface area contributed by atoms with Crippen LogP contribution in [0.4, 0.5) is 5.69 Å². The maximum Gasteiger partial charge on any atom is 0.320 e. The third kappa shape index (κ3) is 5.89. The summed E-state index contributed by atoms with van der Waals surface area (Å²) in [5.41, 5.74) is 0.622. The zero-order valence-electron chi connectivity index (χ0n) is 22.1. The van der Waals surface area contributed by atoms with Crippen LogP contribution < -0.4 is 14.8 Å². The summed E-state index contributed by atoms with van der Waals surface area (Å²) in [4.78, 5) is 10.4. The predicted molar refractivity (Wildman–Crippen MR) is 155 cm³/mol. The molecule has 0 atom stereocenters. The summed E-state index contributed by atoms with van der Waals surface area (Å²) in [6, 6.07) is 29.7. The van der Waals surface area contributed by atoms with Gasteiger partial charge in [-0.05, 0) is 39.5 Å². The number of aryl methyl sites for hydroxylation is 1. The van der Waals surface area contributed by atoms with E-state index in [-0.39, 0.29) is 39.3 Å². The van der Waals surface area contributed by atoms with Gasteiger partial charge in [0, 0.05) is 18.2 Å². The van der Waals surface area contributed by atoms with Gasteiger partial charge < -0.3 is 9.53 Å². The molecule has 0 bridgehead atoms. The van der Waals surface area contributed by atoms with Gasteiger partial charge in [-0.1, -0.05) is 93.6 Å². The fourth-order valence-corrected chi connectivity index (χ4v) is 10.5. The lowest BCUT2D eigenvalue weighted by Gasteiger charge is -2.43. The summed E-state index contributed by atoms with van der Waals surface area (Å²) < 4.78 is 33.5. The van der Waals surface area contributed by atoms with E-state index >= 15 is 0 Å². The first-order valence-electron chi connectivity index (χ1n) is 12.5. The molecule has 7 nitrogen and oxygen atoms in total. The molecule has 0 saturated carbocycles. The Morgan fingerprint density at radius 3 is 1.87 bits per heavy atom. The molecule has 9 heteroatoms. The molecule has 202 valence electrons. The number of nitrogens with zero attached hydrogens (tertiary/aromatic N) is 1. The first-order valence-corrected chi connectivity index (χ1v) is 16.1. The van der Waals surface area contributed by atoms with Gasteiger partial charge in [-0.15, -0.1) is 0 Å². The number of hydrogen-bond acceptors (Lipinski definition) is 6. The van der Waals surface area contributed by atoms with Crippen molar-refractivity contribution in [2.45, 2.75) is 37.1 Å². The lowest BCUT2D eigenvalue weighted by molar-refractivity contribution is -0.384. The lowest BCUT2D eigenvalue weighted by atomic mass is 10.1. The van der Waals surface area contributed by atoms with Gasteiger partial charge in [0.1, 0.15) is 5.75 Å². The zero-order valence-corrected chi connectivity index (χ0v) is 23.9. The monoisotopic (exact) mass is 561 g/mol. The van der Waals surface area contributed by atoms with E-state index in [1.165, 1.54) is 30.3 Å². The van der Waals surface area contributed by atoms with Crippen LogP contribution >= 0.6 is 0 Å². The van der Waals surface area contributed by atoms with E-state index in [2.05, 4.69) is 20.8 Å². The average molecular weight is 562 g/mol. The summed E-state index contributed by atoms with van der Waals surface area (Å²) in [6.45, 7) is 6.29. The van der Waals surface area contributed by atoms with Crippen molar-refractivity contribution in [1.82, 2.24) is 0 Å². The van der Waals surface area contributed by atoms with Crippen LogP contribution in [0.3, 0.4) is 0 Å². The quantitative estimate of drug-likeness (QED) is 0.170.